The van der Waals surface area contributed by atoms with E-state index in [1.54, 1.807) is 30.9 Å². The summed E-state index contributed by atoms with van der Waals surface area (Å²) in [6.45, 7) is 3.07. The van der Waals surface area contributed by atoms with Gasteiger partial charge in [-0.2, -0.15) is 0 Å². The molecular formula is C15H21N3O3. The van der Waals surface area contributed by atoms with Crippen molar-refractivity contribution in [1.82, 2.24) is 10.2 Å². The highest BCUT2D eigenvalue weighted by Gasteiger charge is 2.34. The summed E-state index contributed by atoms with van der Waals surface area (Å²) in [6, 6.07) is 6.92. The van der Waals surface area contributed by atoms with Gasteiger partial charge >= 0.3 is 0 Å². The van der Waals surface area contributed by atoms with Crippen LogP contribution in [-0.4, -0.2) is 56.5 Å². The molecule has 1 aromatic carbocycles. The van der Waals surface area contributed by atoms with Crippen LogP contribution < -0.4 is 15.0 Å². The molecule has 6 heteroatoms. The molecule has 6 nitrogen and oxygen atoms in total. The highest BCUT2D eigenvalue weighted by Crippen LogP contribution is 2.23. The van der Waals surface area contributed by atoms with Gasteiger partial charge in [-0.3, -0.25) is 9.59 Å². The number of hydrogen-bond donors (Lipinski definition) is 1. The van der Waals surface area contributed by atoms with Crippen molar-refractivity contribution < 1.29 is 14.3 Å². The molecule has 1 atom stereocenters. The number of likely N-dealkylation sites (N-methyl/N-ethyl adjacent to an activating group) is 1. The third-order valence-electron chi connectivity index (χ3n) is 3.69. The summed E-state index contributed by atoms with van der Waals surface area (Å²) in [5.41, 5.74) is 0.827. The first-order valence-electron chi connectivity index (χ1n) is 6.98. The summed E-state index contributed by atoms with van der Waals surface area (Å²) in [7, 11) is 3.33. The van der Waals surface area contributed by atoms with Gasteiger partial charge in [0.25, 0.3) is 0 Å². The second-order valence-electron chi connectivity index (χ2n) is 4.98. The van der Waals surface area contributed by atoms with Crippen molar-refractivity contribution in [2.75, 3.05) is 38.7 Å². The van der Waals surface area contributed by atoms with Crippen molar-refractivity contribution in [2.45, 2.75) is 13.0 Å². The fraction of sp³-hybridized carbons (Fsp3) is 0.467. The fourth-order valence-corrected chi connectivity index (χ4v) is 2.48. The van der Waals surface area contributed by atoms with E-state index in [1.165, 1.54) is 0 Å². The van der Waals surface area contributed by atoms with Crippen molar-refractivity contribution in [3.8, 4) is 5.75 Å². The second-order valence-corrected chi connectivity index (χ2v) is 4.98. The topological polar surface area (TPSA) is 61.9 Å². The van der Waals surface area contributed by atoms with E-state index in [4.69, 9.17) is 4.74 Å². The number of ether oxygens (including phenoxy) is 1. The highest BCUT2D eigenvalue weighted by atomic mass is 16.5. The Kier molecular flexibility index (Phi) is 4.80. The first-order chi connectivity index (χ1) is 10.1. The van der Waals surface area contributed by atoms with Crippen LogP contribution in [0, 0.1) is 0 Å². The number of piperazine rings is 1. The first-order valence-corrected chi connectivity index (χ1v) is 6.98. The molecule has 0 radical (unpaired) electrons. The summed E-state index contributed by atoms with van der Waals surface area (Å²) in [6.07, 6.45) is 0. The molecule has 1 fully saturated rings. The number of amides is 2. The molecule has 1 aliphatic rings. The summed E-state index contributed by atoms with van der Waals surface area (Å²) < 4.78 is 5.12. The van der Waals surface area contributed by atoms with Gasteiger partial charge in [-0.15, -0.1) is 0 Å². The van der Waals surface area contributed by atoms with Gasteiger partial charge in [0.15, 0.2) is 0 Å². The molecule has 0 aliphatic carbocycles. The molecule has 0 spiro atoms. The van der Waals surface area contributed by atoms with Gasteiger partial charge in [-0.25, -0.2) is 0 Å². The van der Waals surface area contributed by atoms with E-state index in [2.05, 4.69) is 5.32 Å². The molecule has 0 aromatic heterocycles. The molecule has 1 heterocycles. The van der Waals surface area contributed by atoms with Crippen molar-refractivity contribution in [3.63, 3.8) is 0 Å². The predicted molar refractivity (Wildman–Crippen MR) is 80.4 cm³/mol. The van der Waals surface area contributed by atoms with Crippen LogP contribution in [0.2, 0.25) is 0 Å². The Morgan fingerprint density at radius 2 is 2.00 bits per heavy atom. The minimum Gasteiger partial charge on any atom is -0.497 e. The van der Waals surface area contributed by atoms with Crippen LogP contribution in [0.15, 0.2) is 24.3 Å². The zero-order valence-corrected chi connectivity index (χ0v) is 12.6. The van der Waals surface area contributed by atoms with E-state index in [1.807, 2.05) is 24.3 Å². The average Bonchev–Trinajstić information content (AvgIpc) is 2.50. The Bertz CT molecular complexity index is 515. The summed E-state index contributed by atoms with van der Waals surface area (Å²) in [5, 5.41) is 2.83. The van der Waals surface area contributed by atoms with Gasteiger partial charge in [0.1, 0.15) is 11.8 Å². The molecule has 2 rings (SSSR count). The van der Waals surface area contributed by atoms with Gasteiger partial charge in [0.2, 0.25) is 11.8 Å². The number of hydrogen-bond acceptors (Lipinski definition) is 4. The summed E-state index contributed by atoms with van der Waals surface area (Å²) in [5.74, 6) is 0.644. The lowest BCUT2D eigenvalue weighted by atomic mass is 10.1. The maximum Gasteiger partial charge on any atom is 0.249 e. The van der Waals surface area contributed by atoms with Crippen LogP contribution in [0.1, 0.15) is 6.92 Å². The van der Waals surface area contributed by atoms with Gasteiger partial charge in [-0.05, 0) is 38.2 Å². The van der Waals surface area contributed by atoms with Gasteiger partial charge in [-0.1, -0.05) is 0 Å². The maximum absolute atomic E-state index is 12.5. The molecule has 1 aromatic rings. The van der Waals surface area contributed by atoms with Crippen LogP contribution in [-0.2, 0) is 9.59 Å². The average molecular weight is 291 g/mol. The fourth-order valence-electron chi connectivity index (χ4n) is 2.48. The Morgan fingerprint density at radius 3 is 2.57 bits per heavy atom. The number of methoxy groups -OCH3 is 1. The monoisotopic (exact) mass is 291 g/mol. The van der Waals surface area contributed by atoms with Crippen molar-refractivity contribution in [2.24, 2.45) is 0 Å². The lowest BCUT2D eigenvalue weighted by molar-refractivity contribution is -0.140. The number of nitrogens with one attached hydrogen (secondary N) is 1. The minimum atomic E-state index is -0.443. The predicted octanol–water partition coefficient (Wildman–Crippen LogP) is 0.478. The molecule has 21 heavy (non-hydrogen) atoms. The summed E-state index contributed by atoms with van der Waals surface area (Å²) >= 11 is 0. The molecule has 1 aliphatic heterocycles. The van der Waals surface area contributed by atoms with E-state index in [0.29, 0.717) is 13.1 Å². The van der Waals surface area contributed by atoms with Crippen molar-refractivity contribution >= 4 is 17.5 Å². The number of anilines is 1. The molecule has 0 bridgehead atoms. The quantitative estimate of drug-likeness (QED) is 0.876. The highest BCUT2D eigenvalue weighted by molar-refractivity contribution is 6.00. The zero-order chi connectivity index (χ0) is 15.4. The molecule has 1 saturated heterocycles. The van der Waals surface area contributed by atoms with Crippen LogP contribution >= 0.6 is 0 Å². The third kappa shape index (κ3) is 3.16. The van der Waals surface area contributed by atoms with E-state index in [-0.39, 0.29) is 18.4 Å². The van der Waals surface area contributed by atoms with E-state index in [0.717, 1.165) is 11.4 Å². The lowest BCUT2D eigenvalue weighted by Gasteiger charge is -2.39. The van der Waals surface area contributed by atoms with E-state index < -0.39 is 6.04 Å². The molecule has 0 saturated carbocycles. The molecule has 114 valence electrons. The van der Waals surface area contributed by atoms with E-state index in [9.17, 15) is 9.59 Å². The molecule has 0 unspecified atom stereocenters. The standard InChI is InChI=1S/C15H21N3O3/c1-11-15(20)18(9-8-17(11)14(19)10-16-2)12-4-6-13(21-3)7-5-12/h4-7,11,16H,8-10H2,1-3H3/t11-/m1/s1. The first kappa shape index (κ1) is 15.3. The SMILES string of the molecule is CNCC(=O)N1CCN(c2ccc(OC)cc2)C(=O)[C@H]1C. The van der Waals surface area contributed by atoms with Crippen LogP contribution in [0.4, 0.5) is 5.69 Å². The normalized spacial score (nSPS) is 18.8. The van der Waals surface area contributed by atoms with E-state index >= 15 is 0 Å². The van der Waals surface area contributed by atoms with Crippen LogP contribution in [0.5, 0.6) is 5.75 Å². The Morgan fingerprint density at radius 1 is 1.33 bits per heavy atom. The molecule has 1 N–H and O–H groups in total. The second kappa shape index (κ2) is 6.58. The Balaban J connectivity index is 2.11. The zero-order valence-electron chi connectivity index (χ0n) is 12.6. The maximum atomic E-state index is 12.5. The summed E-state index contributed by atoms with van der Waals surface area (Å²) in [4.78, 5) is 27.8. The number of benzene rings is 1. The molecule has 2 amide bonds. The smallest absolute Gasteiger partial charge is 0.249 e. The Labute approximate surface area is 124 Å². The van der Waals surface area contributed by atoms with Crippen molar-refractivity contribution in [3.05, 3.63) is 24.3 Å². The van der Waals surface area contributed by atoms with Gasteiger partial charge in [0, 0.05) is 18.8 Å². The third-order valence-corrected chi connectivity index (χ3v) is 3.69. The lowest BCUT2D eigenvalue weighted by Crippen LogP contribution is -2.59. The van der Waals surface area contributed by atoms with Crippen molar-refractivity contribution in [1.29, 1.82) is 0 Å². The minimum absolute atomic E-state index is 0.0484. The number of carbonyl (C=O) groups excluding carboxylic acids is 2. The van der Waals surface area contributed by atoms with Crippen LogP contribution in [0.3, 0.4) is 0 Å². The number of nitrogens with zero attached hydrogens (tertiary/aromatic N) is 2. The van der Waals surface area contributed by atoms with Gasteiger partial charge < -0.3 is 19.9 Å². The number of rotatable bonds is 4. The van der Waals surface area contributed by atoms with Crippen LogP contribution in [0.25, 0.3) is 0 Å². The Hall–Kier alpha value is -2.08. The number of carbonyl (C=O) groups is 2. The van der Waals surface area contributed by atoms with Gasteiger partial charge in [0.05, 0.1) is 13.7 Å². The molecular weight excluding hydrogens is 270 g/mol. The largest absolute Gasteiger partial charge is 0.497 e.